The molecule has 0 radical (unpaired) electrons. The Kier molecular flexibility index (Phi) is 7.53. The number of carbonyl (C=O) groups is 2. The second kappa shape index (κ2) is 10.5. The number of primary amides is 1. The molecule has 11 nitrogen and oxygen atoms in total. The highest BCUT2D eigenvalue weighted by atomic mass is 19.3. The molecule has 2 amide bonds. The molecule has 210 valence electrons. The number of alkyl halides is 2. The van der Waals surface area contributed by atoms with Gasteiger partial charge in [0.15, 0.2) is 28.6 Å². The molecule has 1 aliphatic rings. The molecule has 1 aromatic carbocycles. The van der Waals surface area contributed by atoms with Crippen LogP contribution in [0.25, 0.3) is 11.5 Å². The minimum atomic E-state index is -3.05. The molecule has 2 aromatic heterocycles. The summed E-state index contributed by atoms with van der Waals surface area (Å²) in [5, 5.41) is 6.73. The van der Waals surface area contributed by atoms with Crippen molar-refractivity contribution in [2.45, 2.75) is 52.7 Å². The maximum Gasteiger partial charge on any atom is 0.405 e. The Bertz CT molecular complexity index is 1360. The highest BCUT2D eigenvalue weighted by molar-refractivity contribution is 6.04. The molecule has 1 atom stereocenters. The second-order valence-electron chi connectivity index (χ2n) is 10.6. The van der Waals surface area contributed by atoms with E-state index in [9.17, 15) is 18.4 Å². The van der Waals surface area contributed by atoms with E-state index in [0.29, 0.717) is 23.8 Å². The predicted octanol–water partition coefficient (Wildman–Crippen LogP) is 5.07. The maximum atomic E-state index is 13.4. The fraction of sp³-hybridized carbons (Fsp3) is 0.462. The Morgan fingerprint density at radius 1 is 1.23 bits per heavy atom. The first-order valence-electron chi connectivity index (χ1n) is 12.3. The van der Waals surface area contributed by atoms with Gasteiger partial charge in [-0.3, -0.25) is 9.48 Å². The number of amides is 2. The van der Waals surface area contributed by atoms with Crippen molar-refractivity contribution in [3.8, 4) is 23.0 Å². The molecule has 1 unspecified atom stereocenters. The Morgan fingerprint density at radius 3 is 2.51 bits per heavy atom. The minimum absolute atomic E-state index is 0.0373. The lowest BCUT2D eigenvalue weighted by Gasteiger charge is -2.38. The SMILES string of the molecule is Cn1cc(NC(=O)c2nc(-c3ccc(OC(F)F)c(OCC4CC4)c3)oc2C(C)(OC(N)=O)C(C)(C)C)cn1. The average molecular weight is 548 g/mol. The van der Waals surface area contributed by atoms with Crippen LogP contribution in [0, 0.1) is 11.3 Å². The summed E-state index contributed by atoms with van der Waals surface area (Å²) < 4.78 is 49.5. The Hall–Kier alpha value is -4.16. The molecule has 1 saturated carbocycles. The Labute approximate surface area is 223 Å². The first-order valence-corrected chi connectivity index (χ1v) is 12.3. The molecule has 13 heteroatoms. The summed E-state index contributed by atoms with van der Waals surface area (Å²) in [6.07, 6.45) is 3.95. The van der Waals surface area contributed by atoms with E-state index in [0.717, 1.165) is 12.8 Å². The summed E-state index contributed by atoms with van der Waals surface area (Å²) >= 11 is 0. The van der Waals surface area contributed by atoms with Crippen LogP contribution >= 0.6 is 0 Å². The molecular weight excluding hydrogens is 516 g/mol. The molecule has 3 aromatic rings. The maximum absolute atomic E-state index is 13.4. The number of aromatic nitrogens is 3. The molecule has 4 rings (SSSR count). The van der Waals surface area contributed by atoms with Gasteiger partial charge >= 0.3 is 12.7 Å². The van der Waals surface area contributed by atoms with Crippen LogP contribution in [0.2, 0.25) is 0 Å². The average Bonchev–Trinajstić information content (AvgIpc) is 3.39. The number of nitrogens with two attached hydrogens (primary N) is 1. The number of anilines is 1. The molecule has 2 heterocycles. The molecule has 1 aliphatic carbocycles. The smallest absolute Gasteiger partial charge is 0.405 e. The molecule has 3 N–H and O–H groups in total. The van der Waals surface area contributed by atoms with E-state index in [2.05, 4.69) is 20.1 Å². The monoisotopic (exact) mass is 547 g/mol. The van der Waals surface area contributed by atoms with E-state index in [-0.39, 0.29) is 28.8 Å². The van der Waals surface area contributed by atoms with Crippen LogP contribution in [0.15, 0.2) is 35.0 Å². The Balaban J connectivity index is 1.81. The number of hydrogen-bond donors (Lipinski definition) is 2. The van der Waals surface area contributed by atoms with Gasteiger partial charge in [0, 0.05) is 24.2 Å². The van der Waals surface area contributed by atoms with E-state index in [4.69, 9.17) is 19.6 Å². The molecule has 0 saturated heterocycles. The van der Waals surface area contributed by atoms with Crippen molar-refractivity contribution >= 4 is 17.7 Å². The van der Waals surface area contributed by atoms with Gasteiger partial charge in [-0.2, -0.15) is 13.9 Å². The van der Waals surface area contributed by atoms with Crippen molar-refractivity contribution < 1.29 is 37.0 Å². The van der Waals surface area contributed by atoms with Crippen molar-refractivity contribution in [3.05, 3.63) is 42.0 Å². The lowest BCUT2D eigenvalue weighted by atomic mass is 9.75. The number of aryl methyl sites for hydroxylation is 1. The number of rotatable bonds is 10. The van der Waals surface area contributed by atoms with Crippen molar-refractivity contribution in [3.63, 3.8) is 0 Å². The normalized spacial score (nSPS) is 15.1. The summed E-state index contributed by atoms with van der Waals surface area (Å²) in [7, 11) is 1.69. The number of halogens is 2. The van der Waals surface area contributed by atoms with Gasteiger partial charge in [-0.15, -0.1) is 0 Å². The van der Waals surface area contributed by atoms with Gasteiger partial charge in [0.05, 0.1) is 18.5 Å². The van der Waals surface area contributed by atoms with Gasteiger partial charge in [0.25, 0.3) is 5.91 Å². The molecule has 0 bridgehead atoms. The van der Waals surface area contributed by atoms with Gasteiger partial charge < -0.3 is 29.7 Å². The summed E-state index contributed by atoms with van der Waals surface area (Å²) in [4.78, 5) is 29.8. The third-order valence-corrected chi connectivity index (χ3v) is 6.55. The lowest BCUT2D eigenvalue weighted by molar-refractivity contribution is -0.0707. The number of nitrogens with zero attached hydrogens (tertiary/aromatic N) is 3. The standard InChI is InChI=1S/C26H31F2N5O6/c1-25(2,3)26(4,39-24(29)35)20-19(21(34)31-16-11-30-33(5)12-16)32-22(38-20)15-8-9-17(37-23(27)28)18(10-15)36-13-14-6-7-14/h8-12,14,23H,6-7,13H2,1-5H3,(H2,29,35)(H,31,34). The molecular formula is C26H31F2N5O6. The van der Waals surface area contributed by atoms with Crippen molar-refractivity contribution in [1.29, 1.82) is 0 Å². The third kappa shape index (κ3) is 6.29. The van der Waals surface area contributed by atoms with Gasteiger partial charge in [-0.1, -0.05) is 20.8 Å². The number of nitrogens with one attached hydrogen (secondary N) is 1. The molecule has 1 fully saturated rings. The van der Waals surface area contributed by atoms with Gasteiger partial charge in [0.2, 0.25) is 5.89 Å². The molecule has 0 spiro atoms. The number of ether oxygens (including phenoxy) is 3. The van der Waals surface area contributed by atoms with E-state index in [1.165, 1.54) is 29.1 Å². The highest BCUT2D eigenvalue weighted by Gasteiger charge is 2.49. The zero-order valence-electron chi connectivity index (χ0n) is 22.3. The first-order chi connectivity index (χ1) is 18.3. The van der Waals surface area contributed by atoms with Crippen LogP contribution in [0.3, 0.4) is 0 Å². The Morgan fingerprint density at radius 2 is 1.95 bits per heavy atom. The molecule has 0 aliphatic heterocycles. The largest absolute Gasteiger partial charge is 0.489 e. The van der Waals surface area contributed by atoms with Crippen LogP contribution < -0.4 is 20.5 Å². The van der Waals surface area contributed by atoms with Crippen LogP contribution in [0.4, 0.5) is 19.3 Å². The molecule has 39 heavy (non-hydrogen) atoms. The van der Waals surface area contributed by atoms with Crippen molar-refractivity contribution in [2.24, 2.45) is 24.1 Å². The van der Waals surface area contributed by atoms with Crippen molar-refractivity contribution in [2.75, 3.05) is 11.9 Å². The quantitative estimate of drug-likeness (QED) is 0.358. The van der Waals surface area contributed by atoms with Crippen LogP contribution in [0.1, 0.15) is 56.8 Å². The summed E-state index contributed by atoms with van der Waals surface area (Å²) in [6.45, 7) is 4.19. The minimum Gasteiger partial charge on any atom is -0.489 e. The number of hydrogen-bond acceptors (Lipinski definition) is 8. The van der Waals surface area contributed by atoms with Gasteiger partial charge in [-0.25, -0.2) is 9.78 Å². The second-order valence-corrected chi connectivity index (χ2v) is 10.6. The van der Waals surface area contributed by atoms with Crippen LogP contribution in [-0.2, 0) is 17.4 Å². The summed E-state index contributed by atoms with van der Waals surface area (Å²) in [6, 6.07) is 4.21. The zero-order chi connectivity index (χ0) is 28.5. The fourth-order valence-electron chi connectivity index (χ4n) is 3.78. The van der Waals surface area contributed by atoms with Gasteiger partial charge in [0.1, 0.15) is 0 Å². The highest BCUT2D eigenvalue weighted by Crippen LogP contribution is 2.46. The van der Waals surface area contributed by atoms with Crippen LogP contribution in [0.5, 0.6) is 11.5 Å². The third-order valence-electron chi connectivity index (χ3n) is 6.55. The number of carbonyl (C=O) groups excluding carboxylic acids is 2. The number of benzene rings is 1. The van der Waals surface area contributed by atoms with Crippen molar-refractivity contribution in [1.82, 2.24) is 14.8 Å². The van der Waals surface area contributed by atoms with E-state index < -0.39 is 29.6 Å². The van der Waals surface area contributed by atoms with E-state index >= 15 is 0 Å². The van der Waals surface area contributed by atoms with E-state index in [1.54, 1.807) is 40.9 Å². The number of oxazole rings is 1. The van der Waals surface area contributed by atoms with Gasteiger partial charge in [-0.05, 0) is 43.9 Å². The fourth-order valence-corrected chi connectivity index (χ4v) is 3.78. The summed E-state index contributed by atoms with van der Waals surface area (Å²) in [5.74, 6) is -0.467. The lowest BCUT2D eigenvalue weighted by Crippen LogP contribution is -2.44. The van der Waals surface area contributed by atoms with Crippen LogP contribution in [-0.4, -0.2) is 40.0 Å². The first kappa shape index (κ1) is 27.9. The topological polar surface area (TPSA) is 144 Å². The van der Waals surface area contributed by atoms with E-state index in [1.807, 2.05) is 0 Å². The predicted molar refractivity (Wildman–Crippen MR) is 135 cm³/mol. The summed E-state index contributed by atoms with van der Waals surface area (Å²) in [5.41, 5.74) is 3.61. The zero-order valence-corrected chi connectivity index (χ0v) is 22.3.